The molecule has 0 spiro atoms. The fourth-order valence-electron chi connectivity index (χ4n) is 1.40. The zero-order valence-corrected chi connectivity index (χ0v) is 9.30. The summed E-state index contributed by atoms with van der Waals surface area (Å²) in [6, 6.07) is 0. The van der Waals surface area contributed by atoms with Crippen LogP contribution >= 0.6 is 28.7 Å². The van der Waals surface area contributed by atoms with Gasteiger partial charge < -0.3 is 10.0 Å². The molecular formula is C7H13BrN2OS. The quantitative estimate of drug-likeness (QED) is 0.701. The molecule has 2 aliphatic heterocycles. The number of rotatable bonds is 0. The Bertz CT molecular complexity index is 188. The van der Waals surface area contributed by atoms with Crippen LogP contribution in [0.4, 0.5) is 0 Å². The highest BCUT2D eigenvalue weighted by molar-refractivity contribution is 8.93. The molecule has 1 atom stereocenters. The van der Waals surface area contributed by atoms with Gasteiger partial charge in [0.05, 0.1) is 0 Å². The summed E-state index contributed by atoms with van der Waals surface area (Å²) >= 11 is 1.67. The van der Waals surface area contributed by atoms with E-state index in [-0.39, 0.29) is 23.2 Å². The summed E-state index contributed by atoms with van der Waals surface area (Å²) in [7, 11) is 0. The van der Waals surface area contributed by atoms with Crippen molar-refractivity contribution < 1.29 is 5.11 Å². The van der Waals surface area contributed by atoms with E-state index in [0.29, 0.717) is 0 Å². The second-order valence-electron chi connectivity index (χ2n) is 2.86. The molecule has 0 aromatic carbocycles. The van der Waals surface area contributed by atoms with Crippen LogP contribution in [0.1, 0.15) is 12.8 Å². The largest absolute Gasteiger partial charge is 0.373 e. The summed E-state index contributed by atoms with van der Waals surface area (Å²) in [5, 5.41) is 10.5. The molecule has 1 fully saturated rings. The maximum Gasteiger partial charge on any atom is 0.161 e. The Balaban J connectivity index is 0.000000720. The minimum Gasteiger partial charge on any atom is -0.373 e. The molecule has 70 valence electrons. The van der Waals surface area contributed by atoms with E-state index < -0.39 is 0 Å². The van der Waals surface area contributed by atoms with Crippen LogP contribution < -0.4 is 0 Å². The van der Waals surface area contributed by atoms with Crippen LogP contribution in [0.3, 0.4) is 0 Å². The Kier molecular flexibility index (Phi) is 3.86. The highest BCUT2D eigenvalue weighted by atomic mass is 79.9. The summed E-state index contributed by atoms with van der Waals surface area (Å²) in [6.45, 7) is 1.92. The normalized spacial score (nSPS) is 28.6. The van der Waals surface area contributed by atoms with Crippen LogP contribution in [0.2, 0.25) is 0 Å². The molecule has 0 saturated carbocycles. The highest BCUT2D eigenvalue weighted by Gasteiger charge is 2.28. The number of hydrogen-bond acceptors (Lipinski definition) is 4. The molecule has 0 aromatic heterocycles. The molecule has 0 aromatic rings. The van der Waals surface area contributed by atoms with Gasteiger partial charge in [0.2, 0.25) is 0 Å². The Hall–Kier alpha value is 0.260. The zero-order chi connectivity index (χ0) is 7.68. The maximum absolute atomic E-state index is 9.47. The Morgan fingerprint density at radius 2 is 2.33 bits per heavy atom. The second kappa shape index (κ2) is 4.48. The lowest BCUT2D eigenvalue weighted by atomic mass is 10.3. The van der Waals surface area contributed by atoms with Gasteiger partial charge in [-0.1, -0.05) is 11.8 Å². The van der Waals surface area contributed by atoms with Crippen LogP contribution in [0.5, 0.6) is 0 Å². The minimum atomic E-state index is -0.281. The molecule has 5 heteroatoms. The van der Waals surface area contributed by atoms with Gasteiger partial charge in [-0.3, -0.25) is 4.99 Å². The van der Waals surface area contributed by atoms with Gasteiger partial charge in [0.25, 0.3) is 0 Å². The van der Waals surface area contributed by atoms with Crippen molar-refractivity contribution in [1.82, 2.24) is 4.90 Å². The first-order valence-corrected chi connectivity index (χ1v) is 4.98. The topological polar surface area (TPSA) is 35.8 Å². The molecule has 1 saturated heterocycles. The number of fused-ring (bicyclic) bond motifs is 1. The molecule has 2 heterocycles. The lowest BCUT2D eigenvalue weighted by molar-refractivity contribution is 0.0828. The third-order valence-electron chi connectivity index (χ3n) is 2.02. The van der Waals surface area contributed by atoms with E-state index in [9.17, 15) is 5.11 Å². The molecular weight excluding hydrogens is 240 g/mol. The molecule has 1 unspecified atom stereocenters. The fourth-order valence-corrected chi connectivity index (χ4v) is 2.44. The molecule has 1 N–H and O–H groups in total. The Labute approximate surface area is 87.0 Å². The van der Waals surface area contributed by atoms with Crippen molar-refractivity contribution >= 4 is 33.9 Å². The average Bonchev–Trinajstić information content (AvgIpc) is 2.25. The SMILES string of the molecule is Br.OC1CSC2=NCCCCN21. The average molecular weight is 253 g/mol. The monoisotopic (exact) mass is 252 g/mol. The fraction of sp³-hybridized carbons (Fsp3) is 0.857. The van der Waals surface area contributed by atoms with Gasteiger partial charge >= 0.3 is 0 Å². The van der Waals surface area contributed by atoms with Crippen molar-refractivity contribution in [2.45, 2.75) is 19.1 Å². The first-order valence-electron chi connectivity index (χ1n) is 4.00. The van der Waals surface area contributed by atoms with Crippen LogP contribution in [0, 0.1) is 0 Å². The van der Waals surface area contributed by atoms with Gasteiger partial charge in [0.15, 0.2) is 5.17 Å². The molecule has 2 rings (SSSR count). The van der Waals surface area contributed by atoms with Gasteiger partial charge in [-0.2, -0.15) is 0 Å². The van der Waals surface area contributed by atoms with E-state index in [0.717, 1.165) is 36.9 Å². The van der Waals surface area contributed by atoms with E-state index in [1.807, 2.05) is 4.90 Å². The van der Waals surface area contributed by atoms with Gasteiger partial charge in [-0.25, -0.2) is 0 Å². The highest BCUT2D eigenvalue weighted by Crippen LogP contribution is 2.24. The van der Waals surface area contributed by atoms with E-state index in [1.54, 1.807) is 11.8 Å². The van der Waals surface area contributed by atoms with E-state index in [4.69, 9.17) is 0 Å². The number of amidine groups is 1. The third kappa shape index (κ3) is 1.95. The molecule has 0 amide bonds. The van der Waals surface area contributed by atoms with Crippen molar-refractivity contribution in [1.29, 1.82) is 0 Å². The Morgan fingerprint density at radius 3 is 3.17 bits per heavy atom. The maximum atomic E-state index is 9.47. The first-order chi connectivity index (χ1) is 5.38. The van der Waals surface area contributed by atoms with Gasteiger partial charge in [0.1, 0.15) is 6.23 Å². The number of aliphatic imine (C=N–C) groups is 1. The van der Waals surface area contributed by atoms with E-state index in [1.165, 1.54) is 0 Å². The summed E-state index contributed by atoms with van der Waals surface area (Å²) in [6.07, 6.45) is 2.04. The third-order valence-corrected chi connectivity index (χ3v) is 3.11. The number of thioether (sulfide) groups is 1. The van der Waals surface area contributed by atoms with Crippen molar-refractivity contribution in [3.63, 3.8) is 0 Å². The predicted molar refractivity (Wildman–Crippen MR) is 57.0 cm³/mol. The second-order valence-corrected chi connectivity index (χ2v) is 3.84. The van der Waals surface area contributed by atoms with Crippen LogP contribution in [-0.2, 0) is 0 Å². The van der Waals surface area contributed by atoms with Crippen molar-refractivity contribution in [2.75, 3.05) is 18.8 Å². The number of aliphatic hydroxyl groups excluding tert-OH is 1. The number of nitrogens with zero attached hydrogens (tertiary/aromatic N) is 2. The summed E-state index contributed by atoms with van der Waals surface area (Å²) in [5.74, 6) is 0.791. The summed E-state index contributed by atoms with van der Waals surface area (Å²) < 4.78 is 0. The van der Waals surface area contributed by atoms with Crippen LogP contribution in [0.25, 0.3) is 0 Å². The van der Waals surface area contributed by atoms with Gasteiger partial charge in [-0.05, 0) is 12.8 Å². The van der Waals surface area contributed by atoms with Crippen molar-refractivity contribution in [2.24, 2.45) is 4.99 Å². The smallest absolute Gasteiger partial charge is 0.161 e. The number of halogens is 1. The van der Waals surface area contributed by atoms with E-state index in [2.05, 4.69) is 4.99 Å². The summed E-state index contributed by atoms with van der Waals surface area (Å²) in [4.78, 5) is 6.39. The van der Waals surface area contributed by atoms with Crippen LogP contribution in [-0.4, -0.2) is 40.2 Å². The molecule has 0 aliphatic carbocycles. The molecule has 3 nitrogen and oxygen atoms in total. The predicted octanol–water partition coefficient (Wildman–Crippen LogP) is 1.08. The van der Waals surface area contributed by atoms with Crippen molar-refractivity contribution in [3.05, 3.63) is 0 Å². The lowest BCUT2D eigenvalue weighted by Gasteiger charge is -2.19. The lowest BCUT2D eigenvalue weighted by Crippen LogP contribution is -2.33. The Morgan fingerprint density at radius 1 is 1.50 bits per heavy atom. The van der Waals surface area contributed by atoms with Crippen molar-refractivity contribution in [3.8, 4) is 0 Å². The molecule has 0 bridgehead atoms. The standard InChI is InChI=1S/C7H12N2OS.BrH/c10-6-5-11-7-8-3-1-2-4-9(6)7;/h6,10H,1-5H2;1H. The molecule has 2 aliphatic rings. The molecule has 12 heavy (non-hydrogen) atoms. The van der Waals surface area contributed by atoms with Crippen LogP contribution in [0.15, 0.2) is 4.99 Å². The first kappa shape index (κ1) is 10.3. The van der Waals surface area contributed by atoms with Gasteiger partial charge in [0, 0.05) is 18.8 Å². The van der Waals surface area contributed by atoms with E-state index >= 15 is 0 Å². The minimum absolute atomic E-state index is 0. The van der Waals surface area contributed by atoms with Gasteiger partial charge in [-0.15, -0.1) is 17.0 Å². The number of hydrogen-bond donors (Lipinski definition) is 1. The molecule has 0 radical (unpaired) electrons. The summed E-state index contributed by atoms with van der Waals surface area (Å²) in [5.41, 5.74) is 0. The zero-order valence-electron chi connectivity index (χ0n) is 6.77. The number of aliphatic hydroxyl groups is 1.